The van der Waals surface area contributed by atoms with Crippen LogP contribution in [0.25, 0.3) is 0 Å². The van der Waals surface area contributed by atoms with E-state index in [0.717, 1.165) is 51.9 Å². The Morgan fingerprint density at radius 1 is 1.27 bits per heavy atom. The van der Waals surface area contributed by atoms with E-state index in [0.29, 0.717) is 12.5 Å². The molecule has 1 rings (SSSR count). The zero-order valence-electron chi connectivity index (χ0n) is 14.6. The van der Waals surface area contributed by atoms with Crippen LogP contribution in [0.2, 0.25) is 0 Å². The summed E-state index contributed by atoms with van der Waals surface area (Å²) < 4.78 is 5.45. The number of amides is 1. The van der Waals surface area contributed by atoms with E-state index in [4.69, 9.17) is 9.84 Å². The van der Waals surface area contributed by atoms with E-state index in [1.807, 2.05) is 25.7 Å². The van der Waals surface area contributed by atoms with Crippen LogP contribution in [0.15, 0.2) is 0 Å². The van der Waals surface area contributed by atoms with Crippen molar-refractivity contribution in [2.24, 2.45) is 5.92 Å². The van der Waals surface area contributed by atoms with Crippen molar-refractivity contribution in [2.75, 3.05) is 32.8 Å². The van der Waals surface area contributed by atoms with E-state index in [9.17, 15) is 4.79 Å². The molecule has 0 aliphatic carbocycles. The number of rotatable bonds is 8. The SMILES string of the molecule is CC(C)(C)OC(=O)N1CCCC(CNCCCCCCO)C1. The fraction of sp³-hybridized carbons (Fsp3) is 0.941. The predicted octanol–water partition coefficient (Wildman–Crippen LogP) is 2.78. The van der Waals surface area contributed by atoms with E-state index >= 15 is 0 Å². The van der Waals surface area contributed by atoms with Crippen molar-refractivity contribution < 1.29 is 14.6 Å². The number of nitrogens with zero attached hydrogens (tertiary/aromatic N) is 1. The average Bonchev–Trinajstić information content (AvgIpc) is 2.45. The molecule has 0 spiro atoms. The summed E-state index contributed by atoms with van der Waals surface area (Å²) in [5.74, 6) is 0.527. The molecule has 0 aromatic rings. The normalized spacial score (nSPS) is 19.3. The highest BCUT2D eigenvalue weighted by molar-refractivity contribution is 5.68. The van der Waals surface area contributed by atoms with Crippen LogP contribution in [0.4, 0.5) is 4.79 Å². The highest BCUT2D eigenvalue weighted by Crippen LogP contribution is 2.18. The predicted molar refractivity (Wildman–Crippen MR) is 89.0 cm³/mol. The molecule has 1 unspecified atom stereocenters. The number of carbonyl (C=O) groups is 1. The van der Waals surface area contributed by atoms with Gasteiger partial charge in [0.2, 0.25) is 0 Å². The number of carbonyl (C=O) groups excluding carboxylic acids is 1. The van der Waals surface area contributed by atoms with Crippen molar-refractivity contribution in [2.45, 2.75) is 64.9 Å². The summed E-state index contributed by atoms with van der Waals surface area (Å²) in [6.07, 6.45) is 6.40. The van der Waals surface area contributed by atoms with Crippen molar-refractivity contribution in [3.63, 3.8) is 0 Å². The first-order valence-corrected chi connectivity index (χ1v) is 8.72. The quantitative estimate of drug-likeness (QED) is 0.676. The second kappa shape index (κ2) is 10.1. The number of aliphatic hydroxyl groups is 1. The highest BCUT2D eigenvalue weighted by Gasteiger charge is 2.27. The third-order valence-corrected chi connectivity index (χ3v) is 3.87. The number of aliphatic hydroxyl groups excluding tert-OH is 1. The lowest BCUT2D eigenvalue weighted by Gasteiger charge is -2.34. The molecule has 1 aliphatic heterocycles. The number of unbranched alkanes of at least 4 members (excludes halogenated alkanes) is 3. The van der Waals surface area contributed by atoms with Gasteiger partial charge in [-0.15, -0.1) is 0 Å². The van der Waals surface area contributed by atoms with Gasteiger partial charge in [0.05, 0.1) is 0 Å². The van der Waals surface area contributed by atoms with Gasteiger partial charge in [0.25, 0.3) is 0 Å². The summed E-state index contributed by atoms with van der Waals surface area (Å²) in [7, 11) is 0. The molecule has 5 heteroatoms. The van der Waals surface area contributed by atoms with Crippen molar-refractivity contribution in [3.05, 3.63) is 0 Å². The monoisotopic (exact) mass is 314 g/mol. The van der Waals surface area contributed by atoms with E-state index in [-0.39, 0.29) is 6.09 Å². The first kappa shape index (κ1) is 19.2. The number of nitrogens with one attached hydrogen (secondary N) is 1. The maximum Gasteiger partial charge on any atom is 0.410 e. The molecule has 1 amide bonds. The van der Waals surface area contributed by atoms with Gasteiger partial charge in [-0.25, -0.2) is 4.79 Å². The minimum absolute atomic E-state index is 0.179. The fourth-order valence-electron chi connectivity index (χ4n) is 2.75. The zero-order chi connectivity index (χ0) is 16.4. The maximum absolute atomic E-state index is 12.1. The Hall–Kier alpha value is -0.810. The largest absolute Gasteiger partial charge is 0.444 e. The van der Waals surface area contributed by atoms with Crippen molar-refractivity contribution in [1.29, 1.82) is 0 Å². The standard InChI is InChI=1S/C17H34N2O3/c1-17(2,3)22-16(21)19-11-8-9-15(14-19)13-18-10-6-4-5-7-12-20/h15,18,20H,4-14H2,1-3H3. The first-order valence-electron chi connectivity index (χ1n) is 8.72. The third-order valence-electron chi connectivity index (χ3n) is 3.87. The third kappa shape index (κ3) is 8.59. The number of likely N-dealkylation sites (tertiary alicyclic amines) is 1. The van der Waals surface area contributed by atoms with Crippen LogP contribution in [0.1, 0.15) is 59.3 Å². The lowest BCUT2D eigenvalue weighted by Crippen LogP contribution is -2.45. The molecule has 0 bridgehead atoms. The number of piperidine rings is 1. The van der Waals surface area contributed by atoms with E-state index in [2.05, 4.69) is 5.32 Å². The Bertz CT molecular complexity index is 316. The van der Waals surface area contributed by atoms with Gasteiger partial charge < -0.3 is 20.1 Å². The zero-order valence-corrected chi connectivity index (χ0v) is 14.6. The minimum atomic E-state index is -0.420. The Morgan fingerprint density at radius 3 is 2.68 bits per heavy atom. The van der Waals surface area contributed by atoms with Gasteiger partial charge in [0, 0.05) is 19.7 Å². The number of ether oxygens (including phenoxy) is 1. The molecular weight excluding hydrogens is 280 g/mol. The van der Waals surface area contributed by atoms with Crippen molar-refractivity contribution in [1.82, 2.24) is 10.2 Å². The van der Waals surface area contributed by atoms with Crippen LogP contribution in [0.3, 0.4) is 0 Å². The number of hydrogen-bond acceptors (Lipinski definition) is 4. The molecule has 1 aliphatic rings. The summed E-state index contributed by atoms with van der Waals surface area (Å²) >= 11 is 0. The molecule has 130 valence electrons. The molecule has 5 nitrogen and oxygen atoms in total. The maximum atomic E-state index is 12.1. The van der Waals surface area contributed by atoms with Crippen LogP contribution in [0, 0.1) is 5.92 Å². The summed E-state index contributed by atoms with van der Waals surface area (Å²) in [5.41, 5.74) is -0.420. The van der Waals surface area contributed by atoms with E-state index in [1.165, 1.54) is 12.8 Å². The van der Waals surface area contributed by atoms with Gasteiger partial charge in [0.15, 0.2) is 0 Å². The molecule has 0 aromatic carbocycles. The molecular formula is C17H34N2O3. The Kier molecular flexibility index (Phi) is 8.79. The second-order valence-electron chi connectivity index (χ2n) is 7.28. The van der Waals surface area contributed by atoms with Gasteiger partial charge in [-0.1, -0.05) is 12.8 Å². The molecule has 1 saturated heterocycles. The average molecular weight is 314 g/mol. The van der Waals surface area contributed by atoms with Crippen molar-refractivity contribution >= 4 is 6.09 Å². The molecule has 1 heterocycles. The van der Waals surface area contributed by atoms with Gasteiger partial charge in [-0.3, -0.25) is 0 Å². The first-order chi connectivity index (χ1) is 10.4. The van der Waals surface area contributed by atoms with E-state index < -0.39 is 5.60 Å². The summed E-state index contributed by atoms with van der Waals surface area (Å²) in [6, 6.07) is 0. The Labute approximate surface area is 135 Å². The van der Waals surface area contributed by atoms with Crippen LogP contribution >= 0.6 is 0 Å². The van der Waals surface area contributed by atoms with Crippen molar-refractivity contribution in [3.8, 4) is 0 Å². The fourth-order valence-corrected chi connectivity index (χ4v) is 2.75. The van der Waals surface area contributed by atoms with Gasteiger partial charge in [-0.2, -0.15) is 0 Å². The van der Waals surface area contributed by atoms with Crippen LogP contribution in [-0.4, -0.2) is 54.5 Å². The molecule has 1 fully saturated rings. The summed E-state index contributed by atoms with van der Waals surface area (Å²) in [5, 5.41) is 12.2. The molecule has 1 atom stereocenters. The van der Waals surface area contributed by atoms with Crippen LogP contribution < -0.4 is 5.32 Å². The van der Waals surface area contributed by atoms with E-state index in [1.54, 1.807) is 0 Å². The Morgan fingerprint density at radius 2 is 2.00 bits per heavy atom. The van der Waals surface area contributed by atoms with Gasteiger partial charge in [0.1, 0.15) is 5.60 Å². The topological polar surface area (TPSA) is 61.8 Å². The Balaban J connectivity index is 2.16. The van der Waals surface area contributed by atoms with Crippen LogP contribution in [-0.2, 0) is 4.74 Å². The lowest BCUT2D eigenvalue weighted by atomic mass is 9.98. The molecule has 0 aromatic heterocycles. The molecule has 2 N–H and O–H groups in total. The van der Waals surface area contributed by atoms with Gasteiger partial charge in [-0.05, 0) is 65.5 Å². The lowest BCUT2D eigenvalue weighted by molar-refractivity contribution is 0.0166. The van der Waals surface area contributed by atoms with Gasteiger partial charge >= 0.3 is 6.09 Å². The molecule has 22 heavy (non-hydrogen) atoms. The number of hydrogen-bond donors (Lipinski definition) is 2. The highest BCUT2D eigenvalue weighted by atomic mass is 16.6. The summed E-state index contributed by atoms with van der Waals surface area (Å²) in [4.78, 5) is 13.9. The molecule has 0 saturated carbocycles. The second-order valence-corrected chi connectivity index (χ2v) is 7.28. The summed E-state index contributed by atoms with van der Waals surface area (Å²) in [6.45, 7) is 9.63. The van der Waals surface area contributed by atoms with Crippen LogP contribution in [0.5, 0.6) is 0 Å². The minimum Gasteiger partial charge on any atom is -0.444 e. The molecule has 0 radical (unpaired) electrons. The smallest absolute Gasteiger partial charge is 0.410 e.